The average Bonchev–Trinajstić information content (AvgIpc) is 3.28. The number of allylic oxidation sites excluding steroid dienone is 10. The number of esters is 3. The van der Waals surface area contributed by atoms with Crippen LogP contribution >= 0.6 is 0 Å². The topological polar surface area (TPSA) is 78.9 Å². The molecule has 0 aliphatic carbocycles. The summed E-state index contributed by atoms with van der Waals surface area (Å²) < 4.78 is 16.7. The fraction of sp³-hybridized carbons (Fsp3) is 0.772. The molecule has 0 aliphatic heterocycles. The van der Waals surface area contributed by atoms with Crippen LogP contribution in [0.3, 0.4) is 0 Å². The standard InChI is InChI=1S/C57H100O6/c1-4-7-10-13-16-19-22-24-26-27-28-29-30-32-33-35-38-41-44-47-50-56(59)62-53-54(52-61-55(58)49-46-43-40-37-21-18-15-12-9-6-3)63-57(60)51-48-45-42-39-36-34-31-25-23-20-17-14-11-8-5-2/h8,11-12,15,17,20,25,31,36,39,54H,4-7,9-10,13-14,16,18-19,21-24,26-30,32-35,37-38,40-53H2,1-3H3/b11-8-,15-12-,20-17-,31-25-,39-36-. The molecule has 0 heterocycles. The van der Waals surface area contributed by atoms with Gasteiger partial charge in [-0.2, -0.15) is 0 Å². The molecule has 364 valence electrons. The van der Waals surface area contributed by atoms with E-state index < -0.39 is 6.10 Å². The largest absolute Gasteiger partial charge is 0.462 e. The van der Waals surface area contributed by atoms with Crippen LogP contribution in [0.5, 0.6) is 0 Å². The summed E-state index contributed by atoms with van der Waals surface area (Å²) in [7, 11) is 0. The van der Waals surface area contributed by atoms with Gasteiger partial charge in [0.25, 0.3) is 0 Å². The Morgan fingerprint density at radius 1 is 0.333 bits per heavy atom. The van der Waals surface area contributed by atoms with Crippen LogP contribution < -0.4 is 0 Å². The van der Waals surface area contributed by atoms with Gasteiger partial charge in [0.1, 0.15) is 13.2 Å². The summed E-state index contributed by atoms with van der Waals surface area (Å²) in [6.07, 6.45) is 63.7. The van der Waals surface area contributed by atoms with Gasteiger partial charge in [-0.15, -0.1) is 0 Å². The van der Waals surface area contributed by atoms with Gasteiger partial charge in [-0.05, 0) is 77.0 Å². The van der Waals surface area contributed by atoms with Crippen LogP contribution in [-0.2, 0) is 28.6 Å². The van der Waals surface area contributed by atoms with Gasteiger partial charge in [-0.1, -0.05) is 229 Å². The maximum Gasteiger partial charge on any atom is 0.306 e. The van der Waals surface area contributed by atoms with Crippen LogP contribution in [0.25, 0.3) is 0 Å². The smallest absolute Gasteiger partial charge is 0.306 e. The molecule has 0 aromatic heterocycles. The normalized spacial score (nSPS) is 12.5. The van der Waals surface area contributed by atoms with E-state index in [9.17, 15) is 14.4 Å². The third-order valence-corrected chi connectivity index (χ3v) is 11.5. The minimum atomic E-state index is -0.796. The van der Waals surface area contributed by atoms with E-state index in [1.807, 2.05) is 0 Å². The second kappa shape index (κ2) is 51.7. The third-order valence-electron chi connectivity index (χ3n) is 11.5. The Morgan fingerprint density at radius 2 is 0.651 bits per heavy atom. The summed E-state index contributed by atoms with van der Waals surface area (Å²) in [5, 5.41) is 0. The van der Waals surface area contributed by atoms with Gasteiger partial charge in [0.15, 0.2) is 6.10 Å². The van der Waals surface area contributed by atoms with Gasteiger partial charge >= 0.3 is 17.9 Å². The van der Waals surface area contributed by atoms with Crippen molar-refractivity contribution in [3.8, 4) is 0 Å². The van der Waals surface area contributed by atoms with E-state index in [1.54, 1.807) is 0 Å². The van der Waals surface area contributed by atoms with Crippen molar-refractivity contribution in [2.45, 2.75) is 271 Å². The van der Waals surface area contributed by atoms with Gasteiger partial charge in [0.05, 0.1) is 0 Å². The average molecular weight is 881 g/mol. The Morgan fingerprint density at radius 3 is 1.08 bits per heavy atom. The maximum absolute atomic E-state index is 12.8. The summed E-state index contributed by atoms with van der Waals surface area (Å²) in [5.74, 6) is -0.938. The molecule has 0 amide bonds. The van der Waals surface area contributed by atoms with Gasteiger partial charge in [0, 0.05) is 19.3 Å². The number of carbonyl (C=O) groups excluding carboxylic acids is 3. The molecule has 6 heteroatoms. The Hall–Kier alpha value is -2.89. The number of unbranched alkanes of at least 4 members (excludes halogenated alkanes) is 27. The van der Waals surface area contributed by atoms with Crippen molar-refractivity contribution in [2.75, 3.05) is 13.2 Å². The van der Waals surface area contributed by atoms with Crippen LogP contribution in [0.4, 0.5) is 0 Å². The maximum atomic E-state index is 12.8. The summed E-state index contributed by atoms with van der Waals surface area (Å²) in [6, 6.07) is 0. The Bertz CT molecular complexity index is 1150. The first kappa shape index (κ1) is 60.1. The molecule has 0 radical (unpaired) electrons. The summed E-state index contributed by atoms with van der Waals surface area (Å²) in [4.78, 5) is 37.9. The van der Waals surface area contributed by atoms with E-state index in [0.29, 0.717) is 19.3 Å². The molecule has 0 aromatic carbocycles. The van der Waals surface area contributed by atoms with Crippen LogP contribution in [0.15, 0.2) is 60.8 Å². The van der Waals surface area contributed by atoms with Crippen molar-refractivity contribution in [1.29, 1.82) is 0 Å². The van der Waals surface area contributed by atoms with E-state index in [0.717, 1.165) is 96.3 Å². The molecule has 0 spiro atoms. The first-order valence-electron chi connectivity index (χ1n) is 26.8. The molecule has 0 aromatic rings. The predicted molar refractivity (Wildman–Crippen MR) is 270 cm³/mol. The van der Waals surface area contributed by atoms with Crippen molar-refractivity contribution < 1.29 is 28.6 Å². The zero-order chi connectivity index (χ0) is 45.8. The van der Waals surface area contributed by atoms with E-state index >= 15 is 0 Å². The predicted octanol–water partition coefficient (Wildman–Crippen LogP) is 17.6. The molecule has 0 fully saturated rings. The zero-order valence-electron chi connectivity index (χ0n) is 41.6. The molecule has 63 heavy (non-hydrogen) atoms. The molecule has 0 saturated carbocycles. The third kappa shape index (κ3) is 50.0. The van der Waals surface area contributed by atoms with Gasteiger partial charge in [-0.25, -0.2) is 0 Å². The molecule has 0 N–H and O–H groups in total. The zero-order valence-corrected chi connectivity index (χ0v) is 41.6. The molecule has 0 rings (SSSR count). The van der Waals surface area contributed by atoms with E-state index in [4.69, 9.17) is 14.2 Å². The molecule has 0 aliphatic rings. The first-order valence-corrected chi connectivity index (χ1v) is 26.8. The minimum Gasteiger partial charge on any atom is -0.462 e. The van der Waals surface area contributed by atoms with Crippen molar-refractivity contribution >= 4 is 17.9 Å². The van der Waals surface area contributed by atoms with Crippen LogP contribution in [-0.4, -0.2) is 37.2 Å². The van der Waals surface area contributed by atoms with Crippen molar-refractivity contribution in [3.63, 3.8) is 0 Å². The Kier molecular flexibility index (Phi) is 49.4. The second-order valence-electron chi connectivity index (χ2n) is 17.8. The summed E-state index contributed by atoms with van der Waals surface area (Å²) >= 11 is 0. The molecule has 0 bridgehead atoms. The molecule has 6 nitrogen and oxygen atoms in total. The van der Waals surface area contributed by atoms with Gasteiger partial charge < -0.3 is 14.2 Å². The lowest BCUT2D eigenvalue weighted by Crippen LogP contribution is -2.30. The summed E-state index contributed by atoms with van der Waals surface area (Å²) in [6.45, 7) is 6.44. The fourth-order valence-corrected chi connectivity index (χ4v) is 7.49. The Balaban J connectivity index is 4.33. The SMILES string of the molecule is CC/C=C\C/C=C\C/C=C\C/C=C\CCCCC(=O)OC(COC(=O)CCCCCCC/C=C\CCC)COC(=O)CCCCCCCCCCCCCCCCCCCCCC. The monoisotopic (exact) mass is 881 g/mol. The number of ether oxygens (including phenoxy) is 3. The number of carbonyl (C=O) groups is 3. The first-order chi connectivity index (χ1) is 31.0. The van der Waals surface area contributed by atoms with Crippen LogP contribution in [0, 0.1) is 0 Å². The highest BCUT2D eigenvalue weighted by Gasteiger charge is 2.19. The van der Waals surface area contributed by atoms with Crippen molar-refractivity contribution in [3.05, 3.63) is 60.8 Å². The Labute approximate surface area is 390 Å². The minimum absolute atomic E-state index is 0.0916. The van der Waals surface area contributed by atoms with E-state index in [1.165, 1.54) is 122 Å². The molecule has 1 unspecified atom stereocenters. The second-order valence-corrected chi connectivity index (χ2v) is 17.8. The molecular formula is C57H100O6. The highest BCUT2D eigenvalue weighted by atomic mass is 16.6. The van der Waals surface area contributed by atoms with Crippen LogP contribution in [0.2, 0.25) is 0 Å². The molecule has 0 saturated heterocycles. The number of hydrogen-bond donors (Lipinski definition) is 0. The fourth-order valence-electron chi connectivity index (χ4n) is 7.49. The van der Waals surface area contributed by atoms with Gasteiger partial charge in [0.2, 0.25) is 0 Å². The summed E-state index contributed by atoms with van der Waals surface area (Å²) in [5.41, 5.74) is 0. The van der Waals surface area contributed by atoms with Crippen molar-refractivity contribution in [2.24, 2.45) is 0 Å². The lowest BCUT2D eigenvalue weighted by molar-refractivity contribution is -0.167. The number of rotatable bonds is 48. The molecule has 1 atom stereocenters. The highest BCUT2D eigenvalue weighted by Crippen LogP contribution is 2.16. The van der Waals surface area contributed by atoms with Crippen molar-refractivity contribution in [1.82, 2.24) is 0 Å². The molecular weight excluding hydrogens is 781 g/mol. The highest BCUT2D eigenvalue weighted by molar-refractivity contribution is 5.71. The van der Waals surface area contributed by atoms with Crippen LogP contribution in [0.1, 0.15) is 265 Å². The number of hydrogen-bond acceptors (Lipinski definition) is 6. The van der Waals surface area contributed by atoms with Gasteiger partial charge in [-0.3, -0.25) is 14.4 Å². The van der Waals surface area contributed by atoms with E-state index in [2.05, 4.69) is 81.5 Å². The lowest BCUT2D eigenvalue weighted by atomic mass is 10.0. The lowest BCUT2D eigenvalue weighted by Gasteiger charge is -2.18. The van der Waals surface area contributed by atoms with E-state index in [-0.39, 0.29) is 37.5 Å². The quantitative estimate of drug-likeness (QED) is 0.0262.